The summed E-state index contributed by atoms with van der Waals surface area (Å²) < 4.78 is 24.8. The number of isocyanates is 1. The van der Waals surface area contributed by atoms with Crippen LogP contribution in [0.15, 0.2) is 151 Å². The van der Waals surface area contributed by atoms with Crippen LogP contribution in [0.2, 0.25) is 0 Å². The molecule has 18 nitrogen and oxygen atoms in total. The number of methoxy groups -OCH3 is 4. The number of aryl methyl sites for hydroxylation is 2. The summed E-state index contributed by atoms with van der Waals surface area (Å²) in [6.45, 7) is 19.4. The predicted molar refractivity (Wildman–Crippen MR) is 355 cm³/mol. The van der Waals surface area contributed by atoms with Gasteiger partial charge >= 0.3 is 6.03 Å². The van der Waals surface area contributed by atoms with Gasteiger partial charge in [0.2, 0.25) is 6.08 Å². The molecule has 2 aliphatic rings. The average Bonchev–Trinajstić information content (AvgIpc) is 1.85. The molecule has 0 saturated carbocycles. The largest absolute Gasteiger partial charge is 0.497 e. The first kappa shape index (κ1) is 66.3. The third-order valence-electron chi connectivity index (χ3n) is 16.3. The highest BCUT2D eigenvalue weighted by Gasteiger charge is 2.29. The Morgan fingerprint density at radius 2 is 1.00 bits per heavy atom. The van der Waals surface area contributed by atoms with Gasteiger partial charge in [0.1, 0.15) is 28.8 Å². The number of para-hydroxylation sites is 2. The van der Waals surface area contributed by atoms with Crippen LogP contribution >= 0.6 is 0 Å². The standard InChI is InChI=1S/C36H43N5O4.C21H26N2O3.C15H17N3O/c1-24-11-13-27(14-12-24)41-33(23-32(39-41)36(2,3)4)38-35(43)37-30-10-8-7-9-26(30)21-25-17-19-40(20-18-25)34(42)29-16-15-28(44-5)22-31(29)45-6;1-25-17-7-8-18(20(14-17)26-2)21(24)23-11-9-15(10-12-23)13-16-5-3-4-6-19(16)22;1-11-5-7-12(8-6-11)18-14(16-10-19)9-13(17-18)15(2,3)4/h7-16,22-23,25H,17-21H2,1-6H3,(H2,37,38,43);3-8,14-15H,9-13,22H2,1-2H3;5-9H,1-4H3. The summed E-state index contributed by atoms with van der Waals surface area (Å²) in [5, 5.41) is 15.5. The second-order valence-corrected chi connectivity index (χ2v) is 24.9. The Kier molecular flexibility index (Phi) is 22.1. The molecule has 2 aliphatic heterocycles. The molecule has 2 saturated heterocycles. The summed E-state index contributed by atoms with van der Waals surface area (Å²) in [7, 11) is 6.32. The molecule has 0 atom stereocenters. The molecular formula is C72H86N10O8. The topological polar surface area (TPSA) is 210 Å². The number of amides is 4. The number of hydrogen-bond donors (Lipinski definition) is 3. The summed E-state index contributed by atoms with van der Waals surface area (Å²) in [6.07, 6.45) is 7.07. The number of likely N-dealkylation sites (tertiary alicyclic amines) is 2. The maximum Gasteiger partial charge on any atom is 0.324 e. The number of aromatic nitrogens is 4. The monoisotopic (exact) mass is 1220 g/mol. The fourth-order valence-electron chi connectivity index (χ4n) is 10.9. The van der Waals surface area contributed by atoms with Gasteiger partial charge in [0, 0.05) is 72.6 Å². The second kappa shape index (κ2) is 30.0. The van der Waals surface area contributed by atoms with Crippen LogP contribution in [0.4, 0.5) is 27.8 Å². The Hall–Kier alpha value is -9.67. The van der Waals surface area contributed by atoms with Gasteiger partial charge in [-0.25, -0.2) is 19.0 Å². The molecule has 0 aliphatic carbocycles. The van der Waals surface area contributed by atoms with Crippen molar-refractivity contribution in [2.24, 2.45) is 16.8 Å². The van der Waals surface area contributed by atoms with Crippen molar-refractivity contribution in [3.05, 3.63) is 190 Å². The Morgan fingerprint density at radius 3 is 1.47 bits per heavy atom. The highest BCUT2D eigenvalue weighted by atomic mass is 16.5. The molecule has 90 heavy (non-hydrogen) atoms. The van der Waals surface area contributed by atoms with Crippen LogP contribution in [-0.4, -0.2) is 108 Å². The Morgan fingerprint density at radius 1 is 0.556 bits per heavy atom. The maximum absolute atomic E-state index is 13.3. The molecule has 4 amide bonds. The van der Waals surface area contributed by atoms with Crippen molar-refractivity contribution in [2.45, 2.75) is 105 Å². The molecule has 6 aromatic carbocycles. The van der Waals surface area contributed by atoms with Gasteiger partial charge in [0.05, 0.1) is 62.3 Å². The number of aliphatic imine (C=N–C) groups is 1. The average molecular weight is 1220 g/mol. The number of ether oxygens (including phenoxy) is 4. The first-order chi connectivity index (χ1) is 43.1. The fraction of sp³-hybridized carbons (Fsp3) is 0.361. The normalized spacial score (nSPS) is 13.6. The van der Waals surface area contributed by atoms with Crippen LogP contribution in [0.1, 0.15) is 122 Å². The summed E-state index contributed by atoms with van der Waals surface area (Å²) in [5.41, 5.74) is 16.7. The molecule has 8 aromatic rings. The number of piperidine rings is 2. The highest BCUT2D eigenvalue weighted by Crippen LogP contribution is 2.34. The summed E-state index contributed by atoms with van der Waals surface area (Å²) in [5.74, 6) is 4.41. The van der Waals surface area contributed by atoms with Gasteiger partial charge in [-0.15, -0.1) is 4.99 Å². The summed E-state index contributed by atoms with van der Waals surface area (Å²) in [4.78, 5) is 57.6. The molecular weight excluding hydrogens is 1130 g/mol. The number of nitrogens with zero attached hydrogens (tertiary/aromatic N) is 7. The zero-order valence-electron chi connectivity index (χ0n) is 54.1. The van der Waals surface area contributed by atoms with E-state index in [9.17, 15) is 19.2 Å². The number of hydrogen-bond acceptors (Lipinski definition) is 12. The lowest BCUT2D eigenvalue weighted by atomic mass is 9.89. The van der Waals surface area contributed by atoms with Crippen LogP contribution in [0, 0.1) is 25.7 Å². The van der Waals surface area contributed by atoms with E-state index in [2.05, 4.69) is 74.4 Å². The van der Waals surface area contributed by atoms with E-state index in [1.807, 2.05) is 121 Å². The lowest BCUT2D eigenvalue weighted by molar-refractivity contribution is 0.0679. The third kappa shape index (κ3) is 17.1. The minimum Gasteiger partial charge on any atom is -0.497 e. The fourth-order valence-corrected chi connectivity index (χ4v) is 10.9. The second-order valence-electron chi connectivity index (χ2n) is 24.9. The molecule has 2 fully saturated rings. The highest BCUT2D eigenvalue weighted by molar-refractivity contribution is 6.00. The van der Waals surface area contributed by atoms with Crippen molar-refractivity contribution in [2.75, 3.05) is 71.0 Å². The minimum atomic E-state index is -0.329. The minimum absolute atomic E-state index is 0.0159. The molecule has 0 spiro atoms. The molecule has 18 heteroatoms. The molecule has 0 radical (unpaired) electrons. The van der Waals surface area contributed by atoms with Crippen molar-refractivity contribution in [1.29, 1.82) is 0 Å². The quantitative estimate of drug-likeness (QED) is 0.0499. The molecule has 472 valence electrons. The van der Waals surface area contributed by atoms with Crippen molar-refractivity contribution in [3.63, 3.8) is 0 Å². The SMILES string of the molecule is COc1ccc(C(=O)N2CCC(Cc3ccccc3N)CC2)c(OC)c1.COc1ccc(C(=O)N2CCC(Cc3ccccc3NC(=O)Nc3cc(C(C)(C)C)nn3-c3ccc(C)cc3)CC2)c(OC)c1.Cc1ccc(-n2nc(C(C)(C)C)cc2N=C=O)cc1. The van der Waals surface area contributed by atoms with E-state index in [-0.39, 0.29) is 28.7 Å². The first-order valence-corrected chi connectivity index (χ1v) is 30.5. The van der Waals surface area contributed by atoms with Gasteiger partial charge < -0.3 is 39.8 Å². The number of nitrogens with two attached hydrogens (primary N) is 1. The smallest absolute Gasteiger partial charge is 0.324 e. The van der Waals surface area contributed by atoms with Gasteiger partial charge in [-0.3, -0.25) is 14.9 Å². The number of rotatable bonds is 15. The predicted octanol–water partition coefficient (Wildman–Crippen LogP) is 14.1. The lowest BCUT2D eigenvalue weighted by Gasteiger charge is -2.32. The van der Waals surface area contributed by atoms with Gasteiger partial charge in [0.25, 0.3) is 11.8 Å². The van der Waals surface area contributed by atoms with E-state index in [0.29, 0.717) is 70.7 Å². The number of carbonyl (C=O) groups excluding carboxylic acids is 4. The first-order valence-electron chi connectivity index (χ1n) is 30.5. The molecule has 0 unspecified atom stereocenters. The van der Waals surface area contributed by atoms with Crippen LogP contribution in [0.3, 0.4) is 0 Å². The number of carbonyl (C=O) groups is 3. The van der Waals surface area contributed by atoms with Crippen LogP contribution in [0.5, 0.6) is 23.0 Å². The number of anilines is 3. The number of urea groups is 1. The number of benzene rings is 6. The van der Waals surface area contributed by atoms with Crippen molar-refractivity contribution in [1.82, 2.24) is 29.4 Å². The van der Waals surface area contributed by atoms with Gasteiger partial charge in [-0.05, 0) is 136 Å². The van der Waals surface area contributed by atoms with E-state index < -0.39 is 0 Å². The van der Waals surface area contributed by atoms with Gasteiger partial charge in [-0.1, -0.05) is 113 Å². The van der Waals surface area contributed by atoms with Gasteiger partial charge in [0.15, 0.2) is 5.82 Å². The van der Waals surface area contributed by atoms with Crippen molar-refractivity contribution >= 4 is 46.9 Å². The zero-order chi connectivity index (χ0) is 64.7. The maximum atomic E-state index is 13.3. The molecule has 4 heterocycles. The van der Waals surface area contributed by atoms with Crippen LogP contribution in [0.25, 0.3) is 11.4 Å². The molecule has 2 aromatic heterocycles. The Bertz CT molecular complexity index is 3780. The van der Waals surface area contributed by atoms with E-state index >= 15 is 0 Å². The molecule has 0 bridgehead atoms. The van der Waals surface area contributed by atoms with Crippen LogP contribution in [-0.2, 0) is 28.5 Å². The zero-order valence-corrected chi connectivity index (χ0v) is 54.1. The van der Waals surface area contributed by atoms with E-state index in [1.165, 1.54) is 11.1 Å². The Labute approximate surface area is 529 Å². The number of nitrogens with one attached hydrogen (secondary N) is 2. The Balaban J connectivity index is 0.000000195. The number of nitrogen functional groups attached to an aromatic ring is 1. The van der Waals surface area contributed by atoms with Crippen molar-refractivity contribution in [3.8, 4) is 34.4 Å². The van der Waals surface area contributed by atoms with E-state index in [4.69, 9.17) is 29.8 Å². The van der Waals surface area contributed by atoms with E-state index in [0.717, 1.165) is 96.9 Å². The molecule has 10 rings (SSSR count). The summed E-state index contributed by atoms with van der Waals surface area (Å²) in [6, 6.07) is 45.9. The van der Waals surface area contributed by atoms with E-state index in [1.54, 1.807) is 80.3 Å². The molecule has 4 N–H and O–H groups in total. The van der Waals surface area contributed by atoms with Crippen LogP contribution < -0.4 is 35.3 Å². The summed E-state index contributed by atoms with van der Waals surface area (Å²) >= 11 is 0. The van der Waals surface area contributed by atoms with Crippen molar-refractivity contribution < 1.29 is 38.1 Å². The third-order valence-corrected chi connectivity index (χ3v) is 16.3. The lowest BCUT2D eigenvalue weighted by Crippen LogP contribution is -2.39. The van der Waals surface area contributed by atoms with Gasteiger partial charge in [-0.2, -0.15) is 10.2 Å².